The van der Waals surface area contributed by atoms with Gasteiger partial charge in [0, 0.05) is 12.2 Å². The lowest BCUT2D eigenvalue weighted by molar-refractivity contribution is -0.123. The molecule has 0 bridgehead atoms. The molecule has 1 amide bonds. The van der Waals surface area contributed by atoms with Crippen LogP contribution in [0.25, 0.3) is 0 Å². The maximum absolute atomic E-state index is 12.4. The number of hydrogen-bond donors (Lipinski definition) is 2. The number of nitrogens with one attached hydrogen (secondary N) is 2. The molecule has 2 aliphatic rings. The smallest absolute Gasteiger partial charge is 0.229 e. The number of hydrogen-bond acceptors (Lipinski definition) is 4. The Labute approximate surface area is 118 Å². The van der Waals surface area contributed by atoms with Crippen LogP contribution >= 0.6 is 0 Å². The lowest BCUT2D eigenvalue weighted by Crippen LogP contribution is -2.49. The molecule has 0 aliphatic carbocycles. The van der Waals surface area contributed by atoms with Crippen molar-refractivity contribution >= 4 is 21.4 Å². The summed E-state index contributed by atoms with van der Waals surface area (Å²) in [6, 6.07) is 7.72. The third-order valence-electron chi connectivity index (χ3n) is 4.08. The van der Waals surface area contributed by atoms with Crippen molar-refractivity contribution in [3.63, 3.8) is 0 Å². The summed E-state index contributed by atoms with van der Waals surface area (Å²) < 4.78 is 23.2. The van der Waals surface area contributed by atoms with Crippen molar-refractivity contribution in [1.29, 1.82) is 0 Å². The first-order valence-electron chi connectivity index (χ1n) is 6.74. The van der Waals surface area contributed by atoms with Gasteiger partial charge in [-0.3, -0.25) is 4.79 Å². The third-order valence-corrected chi connectivity index (χ3v) is 5.98. The van der Waals surface area contributed by atoms with Crippen molar-refractivity contribution in [2.45, 2.75) is 24.8 Å². The number of para-hydroxylation sites is 1. The zero-order valence-electron chi connectivity index (χ0n) is 11.3. The Hall–Kier alpha value is -1.56. The maximum Gasteiger partial charge on any atom is 0.229 e. The number of carbonyl (C=O) groups is 1. The quantitative estimate of drug-likeness (QED) is 0.849. The molecule has 20 heavy (non-hydrogen) atoms. The normalized spacial score (nSPS) is 30.6. The van der Waals surface area contributed by atoms with Crippen LogP contribution in [0.4, 0.5) is 5.69 Å². The minimum Gasteiger partial charge on any atom is -0.384 e. The Kier molecular flexibility index (Phi) is 3.01. The van der Waals surface area contributed by atoms with Crippen molar-refractivity contribution in [2.24, 2.45) is 0 Å². The first-order chi connectivity index (χ1) is 9.39. The lowest BCUT2D eigenvalue weighted by atomic mass is 9.96. The molecular weight excluding hydrogens is 276 g/mol. The van der Waals surface area contributed by atoms with Crippen LogP contribution in [0.15, 0.2) is 24.3 Å². The van der Waals surface area contributed by atoms with Gasteiger partial charge in [-0.25, -0.2) is 8.42 Å². The van der Waals surface area contributed by atoms with Crippen LogP contribution in [0.3, 0.4) is 0 Å². The van der Waals surface area contributed by atoms with Gasteiger partial charge in [-0.05, 0) is 25.0 Å². The molecule has 1 saturated heterocycles. The van der Waals surface area contributed by atoms with E-state index < -0.39 is 15.4 Å². The predicted octanol–water partition coefficient (Wildman–Crippen LogP) is 0.889. The second-order valence-corrected chi connectivity index (χ2v) is 8.10. The zero-order valence-corrected chi connectivity index (χ0v) is 12.2. The molecule has 5 nitrogen and oxygen atoms in total. The van der Waals surface area contributed by atoms with Crippen LogP contribution in [0.5, 0.6) is 0 Å². The summed E-state index contributed by atoms with van der Waals surface area (Å²) in [6.07, 6.45) is 0.489. The molecule has 108 valence electrons. The molecule has 2 heterocycles. The molecule has 2 N–H and O–H groups in total. The number of sulfone groups is 1. The van der Waals surface area contributed by atoms with E-state index in [1.807, 2.05) is 31.2 Å². The van der Waals surface area contributed by atoms with Crippen LogP contribution in [-0.2, 0) is 14.6 Å². The molecule has 2 unspecified atom stereocenters. The average Bonchev–Trinajstić information content (AvgIpc) is 2.90. The standard InChI is InChI=1S/C14H18N2O3S/c1-14(6-7-20(18,19)9-14)16-13(17)11-8-15-12-5-3-2-4-10(11)12/h2-5,11,15H,6-9H2,1H3,(H,16,17). The van der Waals surface area contributed by atoms with E-state index in [9.17, 15) is 13.2 Å². The van der Waals surface area contributed by atoms with Gasteiger partial charge in [-0.15, -0.1) is 0 Å². The Bertz CT molecular complexity index is 656. The summed E-state index contributed by atoms with van der Waals surface area (Å²) >= 11 is 0. The van der Waals surface area contributed by atoms with Crippen molar-refractivity contribution in [2.75, 3.05) is 23.4 Å². The summed E-state index contributed by atoms with van der Waals surface area (Å²) in [4.78, 5) is 12.4. The topological polar surface area (TPSA) is 75.3 Å². The maximum atomic E-state index is 12.4. The molecule has 1 aromatic carbocycles. The Balaban J connectivity index is 1.76. The summed E-state index contributed by atoms with van der Waals surface area (Å²) in [6.45, 7) is 2.37. The first kappa shape index (κ1) is 13.4. The van der Waals surface area contributed by atoms with E-state index >= 15 is 0 Å². The molecule has 0 radical (unpaired) electrons. The molecule has 6 heteroatoms. The van der Waals surface area contributed by atoms with E-state index in [4.69, 9.17) is 0 Å². The summed E-state index contributed by atoms with van der Waals surface area (Å²) in [7, 11) is -3.01. The summed E-state index contributed by atoms with van der Waals surface area (Å²) in [5.41, 5.74) is 1.33. The van der Waals surface area contributed by atoms with Crippen molar-refractivity contribution in [3.8, 4) is 0 Å². The largest absolute Gasteiger partial charge is 0.384 e. The van der Waals surface area contributed by atoms with Crippen LogP contribution in [0, 0.1) is 0 Å². The van der Waals surface area contributed by atoms with Crippen LogP contribution in [0.1, 0.15) is 24.8 Å². The van der Waals surface area contributed by atoms with Gasteiger partial charge in [-0.1, -0.05) is 18.2 Å². The van der Waals surface area contributed by atoms with Crippen LogP contribution < -0.4 is 10.6 Å². The third kappa shape index (κ3) is 2.40. The predicted molar refractivity (Wildman–Crippen MR) is 77.5 cm³/mol. The number of carbonyl (C=O) groups excluding carboxylic acids is 1. The number of amides is 1. The van der Waals surface area contributed by atoms with E-state index in [2.05, 4.69) is 10.6 Å². The molecular formula is C14H18N2O3S. The number of benzene rings is 1. The van der Waals surface area contributed by atoms with Crippen LogP contribution in [0.2, 0.25) is 0 Å². The van der Waals surface area contributed by atoms with Gasteiger partial charge >= 0.3 is 0 Å². The SMILES string of the molecule is CC1(NC(=O)C2CNc3ccccc32)CCS(=O)(=O)C1. The van der Waals surface area contributed by atoms with Crippen molar-refractivity contribution in [3.05, 3.63) is 29.8 Å². The number of anilines is 1. The van der Waals surface area contributed by atoms with Crippen LogP contribution in [-0.4, -0.2) is 37.9 Å². The molecule has 0 aromatic heterocycles. The van der Waals surface area contributed by atoms with Gasteiger partial charge in [0.15, 0.2) is 9.84 Å². The van der Waals surface area contributed by atoms with E-state index in [0.29, 0.717) is 13.0 Å². The molecule has 1 aromatic rings. The highest BCUT2D eigenvalue weighted by Crippen LogP contribution is 2.32. The summed E-state index contributed by atoms with van der Waals surface area (Å²) in [5.74, 6) is -0.148. The first-order valence-corrected chi connectivity index (χ1v) is 8.56. The minimum absolute atomic E-state index is 0.0353. The monoisotopic (exact) mass is 294 g/mol. The second kappa shape index (κ2) is 4.48. The van der Waals surface area contributed by atoms with Gasteiger partial charge in [0.1, 0.15) is 0 Å². The highest BCUT2D eigenvalue weighted by atomic mass is 32.2. The highest BCUT2D eigenvalue weighted by molar-refractivity contribution is 7.91. The van der Waals surface area contributed by atoms with E-state index in [1.165, 1.54) is 0 Å². The fourth-order valence-electron chi connectivity index (χ4n) is 3.01. The van der Waals surface area contributed by atoms with Gasteiger partial charge in [0.2, 0.25) is 5.91 Å². The lowest BCUT2D eigenvalue weighted by Gasteiger charge is -2.25. The molecule has 0 spiro atoms. The Morgan fingerprint density at radius 2 is 2.15 bits per heavy atom. The fraction of sp³-hybridized carbons (Fsp3) is 0.500. The minimum atomic E-state index is -3.01. The number of rotatable bonds is 2. The highest BCUT2D eigenvalue weighted by Gasteiger charge is 2.41. The van der Waals surface area contributed by atoms with E-state index in [0.717, 1.165) is 11.3 Å². The van der Waals surface area contributed by atoms with E-state index in [1.54, 1.807) is 0 Å². The molecule has 3 rings (SSSR count). The zero-order chi connectivity index (χ0) is 14.4. The molecule has 2 atom stereocenters. The molecule has 1 fully saturated rings. The number of fused-ring (bicyclic) bond motifs is 1. The van der Waals surface area contributed by atoms with Gasteiger partial charge < -0.3 is 10.6 Å². The molecule has 2 aliphatic heterocycles. The second-order valence-electron chi connectivity index (χ2n) is 5.91. The summed E-state index contributed by atoms with van der Waals surface area (Å²) in [5, 5.41) is 6.14. The molecule has 0 saturated carbocycles. The Morgan fingerprint density at radius 3 is 2.85 bits per heavy atom. The van der Waals surface area contributed by atoms with Gasteiger partial charge in [-0.2, -0.15) is 0 Å². The van der Waals surface area contributed by atoms with Gasteiger partial charge in [0.05, 0.1) is 23.0 Å². The fourth-order valence-corrected chi connectivity index (χ4v) is 5.10. The van der Waals surface area contributed by atoms with Crippen molar-refractivity contribution in [1.82, 2.24) is 5.32 Å². The average molecular weight is 294 g/mol. The Morgan fingerprint density at radius 1 is 1.40 bits per heavy atom. The van der Waals surface area contributed by atoms with Crippen molar-refractivity contribution < 1.29 is 13.2 Å². The van der Waals surface area contributed by atoms with Gasteiger partial charge in [0.25, 0.3) is 0 Å². The van der Waals surface area contributed by atoms with E-state index in [-0.39, 0.29) is 23.3 Å².